The number of rotatable bonds is 2. The molecule has 1 spiro atoms. The van der Waals surface area contributed by atoms with E-state index in [9.17, 15) is 4.39 Å². The van der Waals surface area contributed by atoms with Gasteiger partial charge in [0.2, 0.25) is 0 Å². The van der Waals surface area contributed by atoms with Gasteiger partial charge in [-0.25, -0.2) is 4.39 Å². The lowest BCUT2D eigenvalue weighted by Crippen LogP contribution is -2.47. The van der Waals surface area contributed by atoms with Gasteiger partial charge in [0.1, 0.15) is 5.82 Å². The molecule has 3 rings (SSSR count). The lowest BCUT2D eigenvalue weighted by Gasteiger charge is -2.48. The minimum atomic E-state index is -0.184. The van der Waals surface area contributed by atoms with E-state index in [1.54, 1.807) is 6.07 Å². The highest BCUT2D eigenvalue weighted by Crippen LogP contribution is 2.46. The van der Waals surface area contributed by atoms with Gasteiger partial charge in [-0.3, -0.25) is 0 Å². The van der Waals surface area contributed by atoms with E-state index in [0.29, 0.717) is 5.92 Å². The third kappa shape index (κ3) is 2.41. The number of halogens is 1. The van der Waals surface area contributed by atoms with E-state index < -0.39 is 0 Å². The fraction of sp³-hybridized carbons (Fsp3) is 0.625. The average molecular weight is 263 g/mol. The molecule has 104 valence electrons. The minimum absolute atomic E-state index is 0.00183. The maximum absolute atomic E-state index is 13.2. The Morgan fingerprint density at radius 1 is 1.42 bits per heavy atom. The maximum Gasteiger partial charge on any atom is 0.123 e. The smallest absolute Gasteiger partial charge is 0.123 e. The van der Waals surface area contributed by atoms with Crippen LogP contribution in [0, 0.1) is 18.7 Å². The van der Waals surface area contributed by atoms with E-state index in [1.807, 2.05) is 13.0 Å². The monoisotopic (exact) mass is 263 g/mol. The van der Waals surface area contributed by atoms with Crippen LogP contribution in [0.3, 0.4) is 0 Å². The fourth-order valence-electron chi connectivity index (χ4n) is 3.56. The Labute approximate surface area is 114 Å². The van der Waals surface area contributed by atoms with Crippen LogP contribution >= 0.6 is 0 Å². The molecule has 2 aliphatic rings. The first-order valence-electron chi connectivity index (χ1n) is 7.25. The zero-order valence-electron chi connectivity index (χ0n) is 11.5. The second kappa shape index (κ2) is 4.88. The molecular weight excluding hydrogens is 241 g/mol. The highest BCUT2D eigenvalue weighted by atomic mass is 19.1. The molecule has 0 bridgehead atoms. The largest absolute Gasteiger partial charge is 0.375 e. The number of benzene rings is 1. The summed E-state index contributed by atoms with van der Waals surface area (Å²) in [7, 11) is 0. The van der Waals surface area contributed by atoms with Gasteiger partial charge in [0.25, 0.3) is 0 Å². The first-order chi connectivity index (χ1) is 9.10. The zero-order chi connectivity index (χ0) is 13.5. The van der Waals surface area contributed by atoms with Gasteiger partial charge in [-0.05, 0) is 68.2 Å². The molecule has 1 aliphatic carbocycles. The first-order valence-corrected chi connectivity index (χ1v) is 7.25. The summed E-state index contributed by atoms with van der Waals surface area (Å²) in [4.78, 5) is 0. The predicted molar refractivity (Wildman–Crippen MR) is 73.3 cm³/mol. The van der Waals surface area contributed by atoms with E-state index in [0.717, 1.165) is 30.6 Å². The maximum atomic E-state index is 13.2. The molecular formula is C16H22FNO. The van der Waals surface area contributed by atoms with Crippen LogP contribution in [-0.2, 0) is 4.74 Å². The van der Waals surface area contributed by atoms with Crippen LogP contribution in [0.2, 0.25) is 0 Å². The van der Waals surface area contributed by atoms with Crippen molar-refractivity contribution in [2.45, 2.75) is 50.7 Å². The van der Waals surface area contributed by atoms with E-state index >= 15 is 0 Å². The van der Waals surface area contributed by atoms with Crippen LogP contribution in [0.4, 0.5) is 4.39 Å². The van der Waals surface area contributed by atoms with Crippen LogP contribution in [0.25, 0.3) is 0 Å². The third-order valence-electron chi connectivity index (χ3n) is 4.89. The normalized spacial score (nSPS) is 27.0. The quantitative estimate of drug-likeness (QED) is 0.886. The second-order valence-electron chi connectivity index (χ2n) is 6.16. The van der Waals surface area contributed by atoms with Crippen LogP contribution in [0.5, 0.6) is 0 Å². The molecule has 0 aromatic heterocycles. The predicted octanol–water partition coefficient (Wildman–Crippen LogP) is 3.48. The lowest BCUT2D eigenvalue weighted by molar-refractivity contribution is -0.146. The highest BCUT2D eigenvalue weighted by molar-refractivity contribution is 5.30. The first kappa shape index (κ1) is 13.1. The molecule has 1 aromatic rings. The Kier molecular flexibility index (Phi) is 3.35. The highest BCUT2D eigenvalue weighted by Gasteiger charge is 2.44. The van der Waals surface area contributed by atoms with Gasteiger partial charge in [-0.2, -0.15) is 0 Å². The summed E-state index contributed by atoms with van der Waals surface area (Å²) in [5.74, 6) is 0.272. The molecule has 2 nitrogen and oxygen atoms in total. The van der Waals surface area contributed by atoms with Crippen molar-refractivity contribution in [1.29, 1.82) is 0 Å². The number of aryl methyl sites for hydroxylation is 1. The van der Waals surface area contributed by atoms with Crippen LogP contribution in [-0.4, -0.2) is 12.2 Å². The van der Waals surface area contributed by atoms with E-state index in [4.69, 9.17) is 10.5 Å². The van der Waals surface area contributed by atoms with Gasteiger partial charge in [-0.15, -0.1) is 0 Å². The van der Waals surface area contributed by atoms with Gasteiger partial charge in [0, 0.05) is 12.6 Å². The fourth-order valence-corrected chi connectivity index (χ4v) is 3.56. The SMILES string of the molecule is Cc1cc(F)ccc1C(N)C1CCOC2(CCC2)C1. The lowest BCUT2D eigenvalue weighted by atomic mass is 9.69. The molecule has 0 amide bonds. The van der Waals surface area contributed by atoms with Crippen molar-refractivity contribution in [3.63, 3.8) is 0 Å². The van der Waals surface area contributed by atoms with Gasteiger partial charge in [0.05, 0.1) is 5.60 Å². The minimum Gasteiger partial charge on any atom is -0.375 e. The molecule has 2 N–H and O–H groups in total. The number of hydrogen-bond donors (Lipinski definition) is 1. The molecule has 1 aromatic carbocycles. The van der Waals surface area contributed by atoms with Crippen molar-refractivity contribution in [1.82, 2.24) is 0 Å². The van der Waals surface area contributed by atoms with Crippen molar-refractivity contribution >= 4 is 0 Å². The molecule has 1 aliphatic heterocycles. The molecule has 19 heavy (non-hydrogen) atoms. The number of ether oxygens (including phenoxy) is 1. The summed E-state index contributed by atoms with van der Waals surface area (Å²) in [6.07, 6.45) is 5.71. The van der Waals surface area contributed by atoms with Crippen molar-refractivity contribution in [3.8, 4) is 0 Å². The summed E-state index contributed by atoms with van der Waals surface area (Å²) in [6.45, 7) is 2.76. The van der Waals surface area contributed by atoms with Crippen LogP contribution < -0.4 is 5.73 Å². The molecule has 1 saturated heterocycles. The Balaban J connectivity index is 1.77. The Bertz CT molecular complexity index is 470. The molecule has 2 atom stereocenters. The summed E-state index contributed by atoms with van der Waals surface area (Å²) in [5, 5.41) is 0. The Hall–Kier alpha value is -0.930. The molecule has 1 heterocycles. The average Bonchev–Trinajstić information content (AvgIpc) is 2.36. The molecule has 3 heteroatoms. The Morgan fingerprint density at radius 2 is 2.21 bits per heavy atom. The Morgan fingerprint density at radius 3 is 2.84 bits per heavy atom. The number of nitrogens with two attached hydrogens (primary N) is 1. The van der Waals surface area contributed by atoms with E-state index in [1.165, 1.54) is 25.3 Å². The summed E-state index contributed by atoms with van der Waals surface area (Å²) >= 11 is 0. The van der Waals surface area contributed by atoms with Gasteiger partial charge in [0.15, 0.2) is 0 Å². The molecule has 0 radical (unpaired) electrons. The zero-order valence-corrected chi connectivity index (χ0v) is 11.5. The van der Waals surface area contributed by atoms with E-state index in [2.05, 4.69) is 0 Å². The molecule has 2 unspecified atom stereocenters. The summed E-state index contributed by atoms with van der Waals surface area (Å²) < 4.78 is 19.1. The summed E-state index contributed by atoms with van der Waals surface area (Å²) in [6, 6.07) is 4.94. The van der Waals surface area contributed by atoms with Gasteiger partial charge < -0.3 is 10.5 Å². The summed E-state index contributed by atoms with van der Waals surface area (Å²) in [5.41, 5.74) is 8.61. The topological polar surface area (TPSA) is 35.2 Å². The van der Waals surface area contributed by atoms with Crippen molar-refractivity contribution in [2.75, 3.05) is 6.61 Å². The number of hydrogen-bond acceptors (Lipinski definition) is 2. The third-order valence-corrected chi connectivity index (χ3v) is 4.89. The second-order valence-corrected chi connectivity index (χ2v) is 6.16. The van der Waals surface area contributed by atoms with Gasteiger partial charge in [-0.1, -0.05) is 6.07 Å². The van der Waals surface area contributed by atoms with Crippen molar-refractivity contribution in [2.24, 2.45) is 11.7 Å². The standard InChI is InChI=1S/C16H22FNO/c1-11-9-13(17)3-4-14(11)15(18)12-5-8-19-16(10-12)6-2-7-16/h3-4,9,12,15H,2,5-8,10,18H2,1H3. The van der Waals surface area contributed by atoms with Gasteiger partial charge >= 0.3 is 0 Å². The van der Waals surface area contributed by atoms with Crippen molar-refractivity contribution < 1.29 is 9.13 Å². The van der Waals surface area contributed by atoms with Crippen LogP contribution in [0.15, 0.2) is 18.2 Å². The molecule has 2 fully saturated rings. The van der Waals surface area contributed by atoms with Crippen LogP contribution in [0.1, 0.15) is 49.3 Å². The van der Waals surface area contributed by atoms with E-state index in [-0.39, 0.29) is 17.5 Å². The van der Waals surface area contributed by atoms with Crippen molar-refractivity contribution in [3.05, 3.63) is 35.1 Å². The molecule has 1 saturated carbocycles.